The Morgan fingerprint density at radius 1 is 1.32 bits per heavy atom. The van der Waals surface area contributed by atoms with Gasteiger partial charge < -0.3 is 4.74 Å². The van der Waals surface area contributed by atoms with Crippen LogP contribution in [0.15, 0.2) is 40.6 Å². The molecule has 0 aliphatic heterocycles. The number of rotatable bonds is 6. The summed E-state index contributed by atoms with van der Waals surface area (Å²) >= 11 is 1.69. The fraction of sp³-hybridized carbons (Fsp3) is 0.375. The van der Waals surface area contributed by atoms with Crippen LogP contribution in [-0.2, 0) is 15.4 Å². The van der Waals surface area contributed by atoms with E-state index in [9.17, 15) is 8.42 Å². The lowest BCUT2D eigenvalue weighted by atomic mass is 10.1. The minimum absolute atomic E-state index is 0.0156. The third-order valence-electron chi connectivity index (χ3n) is 4.11. The van der Waals surface area contributed by atoms with Crippen LogP contribution in [0.4, 0.5) is 0 Å². The molecule has 1 saturated carbocycles. The molecule has 1 N–H and O–H groups in total. The molecule has 0 atom stereocenters. The number of benzene rings is 1. The molecule has 118 valence electrons. The molecule has 0 spiro atoms. The highest BCUT2D eigenvalue weighted by atomic mass is 32.2. The van der Waals surface area contributed by atoms with E-state index in [1.807, 2.05) is 24.4 Å². The molecule has 0 unspecified atom stereocenters. The highest BCUT2D eigenvalue weighted by molar-refractivity contribution is 7.89. The van der Waals surface area contributed by atoms with Crippen molar-refractivity contribution in [3.63, 3.8) is 0 Å². The molecule has 0 bridgehead atoms. The van der Waals surface area contributed by atoms with Crippen LogP contribution in [0.3, 0.4) is 0 Å². The number of hydrogen-bond acceptors (Lipinski definition) is 4. The molecule has 1 aromatic carbocycles. The predicted molar refractivity (Wildman–Crippen MR) is 88.2 cm³/mol. The molecule has 1 heterocycles. The number of hydrogen-bond donors (Lipinski definition) is 1. The monoisotopic (exact) mass is 337 g/mol. The van der Waals surface area contributed by atoms with Crippen LogP contribution >= 0.6 is 11.3 Å². The summed E-state index contributed by atoms with van der Waals surface area (Å²) in [6, 6.07) is 9.27. The van der Waals surface area contributed by atoms with Gasteiger partial charge in [-0.2, -0.15) is 0 Å². The second kappa shape index (κ2) is 5.68. The van der Waals surface area contributed by atoms with E-state index in [0.717, 1.165) is 18.4 Å². The summed E-state index contributed by atoms with van der Waals surface area (Å²) in [5.74, 6) is 0.374. The summed E-state index contributed by atoms with van der Waals surface area (Å²) in [6.07, 6.45) is 2.06. The van der Waals surface area contributed by atoms with Gasteiger partial charge in [0, 0.05) is 16.8 Å². The number of thiophene rings is 1. The summed E-state index contributed by atoms with van der Waals surface area (Å²) in [7, 11) is -2.10. The lowest BCUT2D eigenvalue weighted by Crippen LogP contribution is -2.32. The molecule has 1 aliphatic rings. The summed E-state index contributed by atoms with van der Waals surface area (Å²) in [4.78, 5) is 1.46. The summed E-state index contributed by atoms with van der Waals surface area (Å²) < 4.78 is 33.2. The van der Waals surface area contributed by atoms with E-state index in [4.69, 9.17) is 4.74 Å². The van der Waals surface area contributed by atoms with Crippen molar-refractivity contribution >= 4 is 21.4 Å². The minimum atomic E-state index is -3.58. The van der Waals surface area contributed by atoms with E-state index >= 15 is 0 Å². The van der Waals surface area contributed by atoms with Crippen molar-refractivity contribution in [1.82, 2.24) is 4.72 Å². The molecule has 6 heteroatoms. The maximum absolute atomic E-state index is 12.6. The van der Waals surface area contributed by atoms with Gasteiger partial charge in [0.2, 0.25) is 10.0 Å². The van der Waals surface area contributed by atoms with Gasteiger partial charge in [-0.15, -0.1) is 11.3 Å². The lowest BCUT2D eigenvalue weighted by Gasteiger charge is -2.16. The summed E-state index contributed by atoms with van der Waals surface area (Å²) in [5, 5.41) is 2.04. The molecular formula is C16H19NO3S2. The van der Waals surface area contributed by atoms with Crippen LogP contribution in [0.5, 0.6) is 5.75 Å². The fourth-order valence-corrected chi connectivity index (χ4v) is 4.91. The summed E-state index contributed by atoms with van der Waals surface area (Å²) in [5.41, 5.74) is 0.874. The van der Waals surface area contributed by atoms with Crippen molar-refractivity contribution in [2.45, 2.75) is 30.1 Å². The molecular weight excluding hydrogens is 318 g/mol. The highest BCUT2D eigenvalue weighted by Crippen LogP contribution is 2.49. The van der Waals surface area contributed by atoms with Crippen molar-refractivity contribution in [2.24, 2.45) is 0 Å². The predicted octanol–water partition coefficient (Wildman–Crippen LogP) is 3.08. The third-order valence-corrected chi connectivity index (χ3v) is 6.65. The van der Waals surface area contributed by atoms with Gasteiger partial charge in [0.1, 0.15) is 10.6 Å². The van der Waals surface area contributed by atoms with Crippen molar-refractivity contribution < 1.29 is 13.2 Å². The Hall–Kier alpha value is -1.37. The van der Waals surface area contributed by atoms with Crippen molar-refractivity contribution in [2.75, 3.05) is 13.7 Å². The molecule has 3 rings (SSSR count). The maximum atomic E-state index is 12.6. The van der Waals surface area contributed by atoms with Gasteiger partial charge >= 0.3 is 0 Å². The van der Waals surface area contributed by atoms with Gasteiger partial charge in [0.05, 0.1) is 7.11 Å². The molecule has 22 heavy (non-hydrogen) atoms. The van der Waals surface area contributed by atoms with Crippen molar-refractivity contribution in [3.8, 4) is 5.75 Å². The molecule has 2 aromatic rings. The first-order valence-corrected chi connectivity index (χ1v) is 9.51. The zero-order valence-corrected chi connectivity index (χ0v) is 14.3. The number of nitrogens with one attached hydrogen (secondary N) is 1. The van der Waals surface area contributed by atoms with Gasteiger partial charge in [0.25, 0.3) is 0 Å². The van der Waals surface area contributed by atoms with Crippen LogP contribution in [0.1, 0.15) is 23.3 Å². The Bertz CT molecular complexity index is 763. The molecule has 0 amide bonds. The van der Waals surface area contributed by atoms with Crippen molar-refractivity contribution in [3.05, 3.63) is 46.2 Å². The third kappa shape index (κ3) is 2.91. The smallest absolute Gasteiger partial charge is 0.244 e. The van der Waals surface area contributed by atoms with E-state index in [0.29, 0.717) is 12.3 Å². The van der Waals surface area contributed by atoms with Gasteiger partial charge in [-0.3, -0.25) is 0 Å². The molecule has 0 saturated heterocycles. The Labute approximate surface area is 135 Å². The van der Waals surface area contributed by atoms with Crippen molar-refractivity contribution in [1.29, 1.82) is 0 Å². The van der Waals surface area contributed by atoms with Crippen LogP contribution in [-0.4, -0.2) is 22.1 Å². The van der Waals surface area contributed by atoms with E-state index in [1.165, 1.54) is 12.0 Å². The summed E-state index contributed by atoms with van der Waals surface area (Å²) in [6.45, 7) is 2.30. The van der Waals surface area contributed by atoms with Crippen LogP contribution in [0.25, 0.3) is 0 Å². The van der Waals surface area contributed by atoms with Gasteiger partial charge in [-0.25, -0.2) is 13.1 Å². The number of methoxy groups -OCH3 is 1. The van der Waals surface area contributed by atoms with Gasteiger partial charge in [-0.05, 0) is 48.9 Å². The van der Waals surface area contributed by atoms with Crippen LogP contribution in [0, 0.1) is 6.92 Å². The standard InChI is InChI=1S/C16H19NO3S2/c1-12-5-6-13(20-2)14(10-12)22(18,19)17-11-16(7-8-16)15-4-3-9-21-15/h3-6,9-10,17H,7-8,11H2,1-2H3. The Morgan fingerprint density at radius 3 is 2.68 bits per heavy atom. The molecule has 1 aliphatic carbocycles. The fourth-order valence-electron chi connectivity index (χ4n) is 2.55. The second-order valence-corrected chi connectivity index (χ2v) is 8.42. The first-order valence-electron chi connectivity index (χ1n) is 7.15. The highest BCUT2D eigenvalue weighted by Gasteiger charge is 2.45. The van der Waals surface area contributed by atoms with Crippen LogP contribution < -0.4 is 9.46 Å². The van der Waals surface area contributed by atoms with Gasteiger partial charge in [-0.1, -0.05) is 12.1 Å². The lowest BCUT2D eigenvalue weighted by molar-refractivity contribution is 0.402. The Morgan fingerprint density at radius 2 is 2.09 bits per heavy atom. The molecule has 1 aromatic heterocycles. The van der Waals surface area contributed by atoms with Gasteiger partial charge in [0.15, 0.2) is 0 Å². The molecule has 4 nitrogen and oxygen atoms in total. The van der Waals surface area contributed by atoms with E-state index in [-0.39, 0.29) is 10.3 Å². The number of sulfonamides is 1. The molecule has 1 fully saturated rings. The average Bonchev–Trinajstić information content (AvgIpc) is 3.09. The van der Waals surface area contributed by atoms with E-state index in [1.54, 1.807) is 23.5 Å². The SMILES string of the molecule is COc1ccc(C)cc1S(=O)(=O)NCC1(c2cccs2)CC1. The first kappa shape index (κ1) is 15.5. The normalized spacial score (nSPS) is 16.5. The number of aryl methyl sites for hydroxylation is 1. The molecule has 0 radical (unpaired) electrons. The largest absolute Gasteiger partial charge is 0.495 e. The second-order valence-electron chi connectivity index (χ2n) is 5.74. The van der Waals surface area contributed by atoms with Crippen LogP contribution in [0.2, 0.25) is 0 Å². The number of ether oxygens (including phenoxy) is 1. The quantitative estimate of drug-likeness (QED) is 0.881. The Kier molecular flexibility index (Phi) is 4.01. The van der Waals surface area contributed by atoms with E-state index in [2.05, 4.69) is 10.8 Å². The Balaban J connectivity index is 1.82. The topological polar surface area (TPSA) is 55.4 Å². The minimum Gasteiger partial charge on any atom is -0.495 e. The van der Waals surface area contributed by atoms with E-state index < -0.39 is 10.0 Å². The average molecular weight is 337 g/mol. The zero-order valence-electron chi connectivity index (χ0n) is 12.6. The first-order chi connectivity index (χ1) is 10.5. The zero-order chi connectivity index (χ0) is 15.8. The maximum Gasteiger partial charge on any atom is 0.244 e.